The van der Waals surface area contributed by atoms with Crippen LogP contribution in [0.25, 0.3) is 0 Å². The van der Waals surface area contributed by atoms with Gasteiger partial charge < -0.3 is 10.4 Å². The molecule has 0 aliphatic heterocycles. The molecule has 2 rings (SSSR count). The van der Waals surface area contributed by atoms with Crippen molar-refractivity contribution in [3.05, 3.63) is 58.7 Å². The van der Waals surface area contributed by atoms with Crippen LogP contribution in [0.3, 0.4) is 0 Å². The van der Waals surface area contributed by atoms with Gasteiger partial charge in [0.25, 0.3) is 5.91 Å². The van der Waals surface area contributed by atoms with Gasteiger partial charge in [-0.1, -0.05) is 0 Å². The van der Waals surface area contributed by atoms with Crippen LogP contribution in [0.5, 0.6) is 0 Å². The average molecular weight is 407 g/mol. The molecule has 1 amide bonds. The Hall–Kier alpha value is -3.18. The second kappa shape index (κ2) is 7.44. The molecule has 1 unspecified atom stereocenters. The van der Waals surface area contributed by atoms with Crippen molar-refractivity contribution < 1.29 is 41.0 Å². The van der Waals surface area contributed by atoms with Gasteiger partial charge in [0.15, 0.2) is 5.69 Å². The van der Waals surface area contributed by atoms with Crippen LogP contribution in [0.4, 0.5) is 26.3 Å². The monoisotopic (exact) mass is 407 g/mol. The first kappa shape index (κ1) is 21.1. The van der Waals surface area contributed by atoms with E-state index in [4.69, 9.17) is 5.11 Å². The summed E-state index contributed by atoms with van der Waals surface area (Å²) in [6.45, 7) is 1.26. The van der Waals surface area contributed by atoms with Gasteiger partial charge in [-0.15, -0.1) is 0 Å². The molecule has 1 atom stereocenters. The van der Waals surface area contributed by atoms with Gasteiger partial charge in [-0.3, -0.25) is 9.78 Å². The molecular weight excluding hydrogens is 396 g/mol. The Morgan fingerprint density at radius 3 is 1.93 bits per heavy atom. The molecule has 28 heavy (non-hydrogen) atoms. The van der Waals surface area contributed by atoms with Crippen LogP contribution in [0.15, 0.2) is 30.6 Å². The number of carbonyl (C=O) groups is 2. The van der Waals surface area contributed by atoms with Crippen molar-refractivity contribution in [1.29, 1.82) is 0 Å². The topological polar surface area (TPSA) is 92.2 Å². The third-order valence-corrected chi connectivity index (χ3v) is 3.54. The number of carboxylic acid groups (broad SMARTS) is 1. The molecule has 0 fully saturated rings. The molecule has 12 heteroatoms. The van der Waals surface area contributed by atoms with Crippen molar-refractivity contribution in [2.24, 2.45) is 0 Å². The van der Waals surface area contributed by atoms with E-state index in [9.17, 15) is 35.9 Å². The highest BCUT2D eigenvalue weighted by Crippen LogP contribution is 2.36. The summed E-state index contributed by atoms with van der Waals surface area (Å²) < 4.78 is 77.3. The van der Waals surface area contributed by atoms with Crippen LogP contribution < -0.4 is 5.32 Å². The lowest BCUT2D eigenvalue weighted by Gasteiger charge is -2.17. The largest absolute Gasteiger partial charge is 0.476 e. The van der Waals surface area contributed by atoms with Gasteiger partial charge in [-0.05, 0) is 25.1 Å². The van der Waals surface area contributed by atoms with Crippen LogP contribution in [0.2, 0.25) is 0 Å². The Kier molecular flexibility index (Phi) is 5.62. The molecule has 0 aliphatic rings. The van der Waals surface area contributed by atoms with Gasteiger partial charge in [0.05, 0.1) is 22.9 Å². The molecule has 0 aliphatic carbocycles. The molecule has 0 saturated heterocycles. The van der Waals surface area contributed by atoms with Crippen molar-refractivity contribution in [3.63, 3.8) is 0 Å². The molecule has 1 aromatic carbocycles. The number of nitrogens with zero attached hydrogens (tertiary/aromatic N) is 2. The molecular formula is C16H11F6N3O3. The minimum atomic E-state index is -5.11. The molecule has 6 nitrogen and oxygen atoms in total. The number of alkyl halides is 6. The summed E-state index contributed by atoms with van der Waals surface area (Å²) in [5, 5.41) is 11.2. The highest BCUT2D eigenvalue weighted by Gasteiger charge is 2.37. The zero-order valence-corrected chi connectivity index (χ0v) is 13.9. The van der Waals surface area contributed by atoms with Gasteiger partial charge in [-0.25, -0.2) is 9.78 Å². The maximum atomic E-state index is 12.9. The van der Waals surface area contributed by atoms with Gasteiger partial charge in [0.2, 0.25) is 0 Å². The zero-order valence-electron chi connectivity index (χ0n) is 13.9. The quantitative estimate of drug-likeness (QED) is 0.754. The normalized spacial score (nSPS) is 13.1. The van der Waals surface area contributed by atoms with E-state index < -0.39 is 52.7 Å². The summed E-state index contributed by atoms with van der Waals surface area (Å²) in [7, 11) is 0. The fraction of sp³-hybridized carbons (Fsp3) is 0.250. The number of aromatic carboxylic acids is 1. The fourth-order valence-electron chi connectivity index (χ4n) is 2.26. The highest BCUT2D eigenvalue weighted by molar-refractivity contribution is 5.95. The Bertz CT molecular complexity index is 879. The lowest BCUT2D eigenvalue weighted by atomic mass is 10.0. The number of hydrogen-bond acceptors (Lipinski definition) is 4. The van der Waals surface area contributed by atoms with E-state index in [0.717, 1.165) is 12.4 Å². The smallest absolute Gasteiger partial charge is 0.416 e. The summed E-state index contributed by atoms with van der Waals surface area (Å²) in [6.07, 6.45) is -8.02. The van der Waals surface area contributed by atoms with Crippen molar-refractivity contribution in [1.82, 2.24) is 15.3 Å². The molecule has 1 heterocycles. The van der Waals surface area contributed by atoms with Crippen LogP contribution >= 0.6 is 0 Å². The lowest BCUT2D eigenvalue weighted by Crippen LogP contribution is -2.29. The first-order chi connectivity index (χ1) is 12.8. The number of halogens is 6. The van der Waals surface area contributed by atoms with Gasteiger partial charge in [0, 0.05) is 18.0 Å². The van der Waals surface area contributed by atoms with Gasteiger partial charge >= 0.3 is 18.3 Å². The summed E-state index contributed by atoms with van der Waals surface area (Å²) in [5.74, 6) is -2.74. The minimum Gasteiger partial charge on any atom is -0.476 e. The molecule has 2 aromatic rings. The first-order valence-electron chi connectivity index (χ1n) is 7.45. The van der Waals surface area contributed by atoms with Crippen molar-refractivity contribution in [2.45, 2.75) is 25.3 Å². The number of aromatic nitrogens is 2. The van der Waals surface area contributed by atoms with E-state index in [1.54, 1.807) is 0 Å². The van der Waals surface area contributed by atoms with E-state index >= 15 is 0 Å². The molecule has 0 saturated carbocycles. The standard InChI is InChI=1S/C16H11F6N3O3/c1-7(11-12(14(27)28)24-3-2-23-11)25-13(26)8-4-9(15(17,18)19)6-10(5-8)16(20,21)22/h2-7H,1H3,(H,25,26)(H,27,28). The van der Waals surface area contributed by atoms with Gasteiger partial charge in [-0.2, -0.15) is 26.3 Å². The summed E-state index contributed by atoms with van der Waals surface area (Å²) in [5.41, 5.74) is -4.92. The molecule has 0 radical (unpaired) electrons. The van der Waals surface area contributed by atoms with E-state index in [1.165, 1.54) is 6.92 Å². The number of carbonyl (C=O) groups excluding carboxylic acids is 1. The van der Waals surface area contributed by atoms with E-state index in [-0.39, 0.29) is 23.9 Å². The Labute approximate surface area is 153 Å². The third kappa shape index (κ3) is 4.75. The minimum absolute atomic E-state index is 0.106. The summed E-state index contributed by atoms with van der Waals surface area (Å²) in [4.78, 5) is 30.7. The third-order valence-electron chi connectivity index (χ3n) is 3.54. The maximum absolute atomic E-state index is 12.9. The van der Waals surface area contributed by atoms with Crippen LogP contribution in [-0.2, 0) is 12.4 Å². The zero-order chi connectivity index (χ0) is 21.3. The van der Waals surface area contributed by atoms with Gasteiger partial charge in [0.1, 0.15) is 0 Å². The fourth-order valence-corrected chi connectivity index (χ4v) is 2.26. The summed E-state index contributed by atoms with van der Waals surface area (Å²) >= 11 is 0. The van der Waals surface area contributed by atoms with Crippen LogP contribution in [0, 0.1) is 0 Å². The maximum Gasteiger partial charge on any atom is 0.416 e. The first-order valence-corrected chi connectivity index (χ1v) is 7.45. The van der Waals surface area contributed by atoms with Crippen molar-refractivity contribution in [3.8, 4) is 0 Å². The molecule has 1 aromatic heterocycles. The average Bonchev–Trinajstić information content (AvgIpc) is 2.59. The Balaban J connectivity index is 2.40. The van der Waals surface area contributed by atoms with Crippen molar-refractivity contribution >= 4 is 11.9 Å². The number of rotatable bonds is 4. The van der Waals surface area contributed by atoms with Crippen LogP contribution in [-0.4, -0.2) is 27.0 Å². The number of benzene rings is 1. The van der Waals surface area contributed by atoms with E-state index in [1.807, 2.05) is 0 Å². The Morgan fingerprint density at radius 1 is 0.964 bits per heavy atom. The molecule has 0 spiro atoms. The van der Waals surface area contributed by atoms with Crippen molar-refractivity contribution in [2.75, 3.05) is 0 Å². The SMILES string of the molecule is CC(NC(=O)c1cc(C(F)(F)F)cc(C(F)(F)F)c1)c1nccnc1C(=O)O. The molecule has 0 bridgehead atoms. The molecule has 2 N–H and O–H groups in total. The van der Waals surface area contributed by atoms with Crippen LogP contribution in [0.1, 0.15) is 50.6 Å². The summed E-state index contributed by atoms with van der Waals surface area (Å²) in [6, 6.07) is -0.722. The number of amides is 1. The number of nitrogens with one attached hydrogen (secondary N) is 1. The second-order valence-electron chi connectivity index (χ2n) is 5.59. The van der Waals surface area contributed by atoms with E-state index in [0.29, 0.717) is 0 Å². The molecule has 150 valence electrons. The second-order valence-corrected chi connectivity index (χ2v) is 5.59. The highest BCUT2D eigenvalue weighted by atomic mass is 19.4. The van der Waals surface area contributed by atoms with E-state index in [2.05, 4.69) is 15.3 Å². The predicted molar refractivity (Wildman–Crippen MR) is 81.3 cm³/mol. The predicted octanol–water partition coefficient (Wildman–Crippen LogP) is 3.70. The Morgan fingerprint density at radius 2 is 1.46 bits per heavy atom. The number of carboxylic acids is 1. The lowest BCUT2D eigenvalue weighted by molar-refractivity contribution is -0.143. The number of hydrogen-bond donors (Lipinski definition) is 2.